The van der Waals surface area contributed by atoms with Gasteiger partial charge < -0.3 is 10.1 Å². The number of benzene rings is 1. The van der Waals surface area contributed by atoms with E-state index in [9.17, 15) is 14.4 Å². The molecule has 0 aliphatic rings. The van der Waals surface area contributed by atoms with Gasteiger partial charge in [0.2, 0.25) is 0 Å². The maximum atomic E-state index is 12.2. The Labute approximate surface area is 174 Å². The van der Waals surface area contributed by atoms with Crippen molar-refractivity contribution in [1.29, 1.82) is 0 Å². The molecule has 0 spiro atoms. The Hall–Kier alpha value is -2.87. The van der Waals surface area contributed by atoms with Gasteiger partial charge in [-0.2, -0.15) is 0 Å². The van der Waals surface area contributed by atoms with Crippen LogP contribution in [0.25, 0.3) is 0 Å². The lowest BCUT2D eigenvalue weighted by Crippen LogP contribution is -2.50. The van der Waals surface area contributed by atoms with E-state index in [-0.39, 0.29) is 12.5 Å². The van der Waals surface area contributed by atoms with Gasteiger partial charge in [-0.15, -0.1) is 11.3 Å². The summed E-state index contributed by atoms with van der Waals surface area (Å²) in [5.74, 6) is -0.725. The van der Waals surface area contributed by atoms with Gasteiger partial charge in [0, 0.05) is 4.88 Å². The average Bonchev–Trinajstić information content (AvgIpc) is 3.08. The number of hydrogen-bond donors (Lipinski definition) is 3. The minimum Gasteiger partial charge on any atom is -0.481 e. The van der Waals surface area contributed by atoms with Gasteiger partial charge in [0.15, 0.2) is 6.10 Å². The molecule has 8 heteroatoms. The fraction of sp³-hybridized carbons (Fsp3) is 0.381. The van der Waals surface area contributed by atoms with Crippen molar-refractivity contribution < 1.29 is 19.1 Å². The third kappa shape index (κ3) is 6.05. The third-order valence-electron chi connectivity index (χ3n) is 4.53. The van der Waals surface area contributed by atoms with E-state index in [1.54, 1.807) is 13.0 Å². The second-order valence-electron chi connectivity index (χ2n) is 6.75. The molecule has 156 valence electrons. The lowest BCUT2D eigenvalue weighted by atomic mass is 10.1. The maximum absolute atomic E-state index is 12.2. The number of thiophene rings is 1. The number of hydrogen-bond acceptors (Lipinski definition) is 5. The average molecular weight is 418 g/mol. The van der Waals surface area contributed by atoms with Crippen LogP contribution in [0.3, 0.4) is 0 Å². The smallest absolute Gasteiger partial charge is 0.279 e. The normalized spacial score (nSPS) is 11.5. The van der Waals surface area contributed by atoms with E-state index in [0.29, 0.717) is 10.6 Å². The topological polar surface area (TPSA) is 96.5 Å². The van der Waals surface area contributed by atoms with Gasteiger partial charge >= 0.3 is 0 Å². The molecule has 3 amide bonds. The van der Waals surface area contributed by atoms with Crippen LogP contribution in [0.5, 0.6) is 5.75 Å². The van der Waals surface area contributed by atoms with Crippen molar-refractivity contribution in [1.82, 2.24) is 16.2 Å². The number of amides is 3. The monoisotopic (exact) mass is 417 g/mol. The van der Waals surface area contributed by atoms with Crippen molar-refractivity contribution in [3.8, 4) is 5.75 Å². The molecular weight excluding hydrogens is 390 g/mol. The first kappa shape index (κ1) is 22.4. The predicted molar refractivity (Wildman–Crippen MR) is 113 cm³/mol. The van der Waals surface area contributed by atoms with E-state index < -0.39 is 17.9 Å². The first-order valence-electron chi connectivity index (χ1n) is 9.42. The molecule has 0 saturated heterocycles. The Morgan fingerprint density at radius 2 is 1.83 bits per heavy atom. The summed E-state index contributed by atoms with van der Waals surface area (Å²) in [4.78, 5) is 37.9. The van der Waals surface area contributed by atoms with Crippen LogP contribution in [-0.4, -0.2) is 30.4 Å². The van der Waals surface area contributed by atoms with E-state index in [1.165, 1.54) is 11.3 Å². The number of aryl methyl sites for hydroxylation is 3. The quantitative estimate of drug-likeness (QED) is 0.603. The Kier molecular flexibility index (Phi) is 7.78. The molecule has 0 bridgehead atoms. The molecule has 2 rings (SSSR count). The highest BCUT2D eigenvalue weighted by atomic mass is 32.1. The molecule has 7 nitrogen and oxygen atoms in total. The minimum atomic E-state index is -0.799. The number of nitrogens with one attached hydrogen (secondary N) is 3. The summed E-state index contributed by atoms with van der Waals surface area (Å²) >= 11 is 1.41. The van der Waals surface area contributed by atoms with Crippen LogP contribution >= 0.6 is 11.3 Å². The lowest BCUT2D eigenvalue weighted by molar-refractivity contribution is -0.132. The zero-order valence-corrected chi connectivity index (χ0v) is 18.2. The predicted octanol–water partition coefficient (Wildman–Crippen LogP) is 2.58. The fourth-order valence-electron chi connectivity index (χ4n) is 2.60. The highest BCUT2D eigenvalue weighted by Gasteiger charge is 2.17. The van der Waals surface area contributed by atoms with E-state index in [2.05, 4.69) is 16.2 Å². The standard InChI is InChI=1S/C21H27N3O4S/c1-6-17-13(3)10-18(29-17)21(27)22-11-19(25)23-24-20(26)15(5)28-16-9-7-8-12(2)14(16)4/h7-10,15H,6,11H2,1-5H3,(H,22,27)(H,23,25)(H,24,26)/t15-/m1/s1. The van der Waals surface area contributed by atoms with E-state index in [4.69, 9.17) is 4.74 Å². The van der Waals surface area contributed by atoms with Crippen LogP contribution < -0.4 is 20.9 Å². The van der Waals surface area contributed by atoms with Crippen LogP contribution in [0.2, 0.25) is 0 Å². The molecule has 1 aromatic heterocycles. The summed E-state index contributed by atoms with van der Waals surface area (Å²) in [6.45, 7) is 9.21. The van der Waals surface area contributed by atoms with Gasteiger partial charge in [-0.25, -0.2) is 0 Å². The number of carbonyl (C=O) groups excluding carboxylic acids is 3. The highest BCUT2D eigenvalue weighted by Crippen LogP contribution is 2.22. The molecule has 1 atom stereocenters. The fourth-order valence-corrected chi connectivity index (χ4v) is 3.63. The van der Waals surface area contributed by atoms with Crippen LogP contribution in [-0.2, 0) is 16.0 Å². The van der Waals surface area contributed by atoms with Crippen molar-refractivity contribution >= 4 is 29.1 Å². The van der Waals surface area contributed by atoms with Crippen molar-refractivity contribution in [3.63, 3.8) is 0 Å². The number of carbonyl (C=O) groups is 3. The molecule has 0 fully saturated rings. The Morgan fingerprint density at radius 1 is 1.10 bits per heavy atom. The summed E-state index contributed by atoms with van der Waals surface area (Å²) < 4.78 is 5.67. The van der Waals surface area contributed by atoms with Crippen molar-refractivity contribution in [2.45, 2.75) is 47.1 Å². The second kappa shape index (κ2) is 10.1. The molecular formula is C21H27N3O4S. The van der Waals surface area contributed by atoms with Crippen LogP contribution in [0.1, 0.15) is 45.1 Å². The summed E-state index contributed by atoms with van der Waals surface area (Å²) in [7, 11) is 0. The molecule has 0 saturated carbocycles. The molecule has 3 N–H and O–H groups in total. The van der Waals surface area contributed by atoms with E-state index in [1.807, 2.05) is 45.9 Å². The lowest BCUT2D eigenvalue weighted by Gasteiger charge is -2.17. The molecule has 0 unspecified atom stereocenters. The molecule has 1 heterocycles. The first-order valence-corrected chi connectivity index (χ1v) is 10.2. The van der Waals surface area contributed by atoms with Gasteiger partial charge in [0.1, 0.15) is 5.75 Å². The number of hydrazine groups is 1. The van der Waals surface area contributed by atoms with E-state index >= 15 is 0 Å². The summed E-state index contributed by atoms with van der Waals surface area (Å²) in [5, 5.41) is 2.55. The third-order valence-corrected chi connectivity index (χ3v) is 5.91. The summed E-state index contributed by atoms with van der Waals surface area (Å²) in [6, 6.07) is 7.41. The molecule has 0 aliphatic heterocycles. The SMILES string of the molecule is CCc1sc(C(=O)NCC(=O)NNC(=O)[C@@H](C)Oc2cccc(C)c2C)cc1C. The zero-order valence-electron chi connectivity index (χ0n) is 17.3. The minimum absolute atomic E-state index is 0.246. The van der Waals surface area contributed by atoms with Gasteiger partial charge in [0.25, 0.3) is 17.7 Å². The summed E-state index contributed by atoms with van der Waals surface area (Å²) in [6.07, 6.45) is 0.0606. The van der Waals surface area contributed by atoms with Gasteiger partial charge in [0.05, 0.1) is 11.4 Å². The van der Waals surface area contributed by atoms with E-state index in [0.717, 1.165) is 28.0 Å². The molecule has 0 radical (unpaired) electrons. The number of ether oxygens (including phenoxy) is 1. The Balaban J connectivity index is 1.78. The van der Waals surface area contributed by atoms with Gasteiger partial charge in [-0.1, -0.05) is 19.1 Å². The first-order chi connectivity index (χ1) is 13.7. The van der Waals surface area contributed by atoms with Crippen molar-refractivity contribution in [2.75, 3.05) is 6.54 Å². The second-order valence-corrected chi connectivity index (χ2v) is 7.89. The van der Waals surface area contributed by atoms with Crippen molar-refractivity contribution in [2.24, 2.45) is 0 Å². The highest BCUT2D eigenvalue weighted by molar-refractivity contribution is 7.14. The Morgan fingerprint density at radius 3 is 2.48 bits per heavy atom. The molecule has 0 aliphatic carbocycles. The zero-order chi connectivity index (χ0) is 21.6. The van der Waals surface area contributed by atoms with Gasteiger partial charge in [-0.05, 0) is 62.9 Å². The van der Waals surface area contributed by atoms with Crippen LogP contribution in [0.15, 0.2) is 24.3 Å². The number of rotatable bonds is 7. The maximum Gasteiger partial charge on any atom is 0.279 e. The summed E-state index contributed by atoms with van der Waals surface area (Å²) in [5.41, 5.74) is 7.67. The Bertz CT molecular complexity index is 907. The van der Waals surface area contributed by atoms with Crippen LogP contribution in [0, 0.1) is 20.8 Å². The molecule has 29 heavy (non-hydrogen) atoms. The van der Waals surface area contributed by atoms with Gasteiger partial charge in [-0.3, -0.25) is 25.2 Å². The van der Waals surface area contributed by atoms with Crippen LogP contribution in [0.4, 0.5) is 0 Å². The van der Waals surface area contributed by atoms with Crippen molar-refractivity contribution in [3.05, 3.63) is 50.7 Å². The molecule has 1 aromatic carbocycles. The largest absolute Gasteiger partial charge is 0.481 e. The molecule has 2 aromatic rings.